The normalized spacial score (nSPS) is 19.8. The van der Waals surface area contributed by atoms with Crippen molar-refractivity contribution in [3.8, 4) is 0 Å². The van der Waals surface area contributed by atoms with E-state index in [0.717, 1.165) is 17.4 Å². The molecule has 1 aromatic heterocycles. The van der Waals surface area contributed by atoms with Crippen molar-refractivity contribution in [2.75, 3.05) is 0 Å². The van der Waals surface area contributed by atoms with Crippen molar-refractivity contribution in [1.82, 2.24) is 10.5 Å². The van der Waals surface area contributed by atoms with Gasteiger partial charge in [-0.25, -0.2) is 0 Å². The van der Waals surface area contributed by atoms with Crippen LogP contribution < -0.4 is 5.32 Å². The van der Waals surface area contributed by atoms with Crippen LogP contribution >= 0.6 is 0 Å². The number of hydrogen-bond acceptors (Lipinski definition) is 3. The molecule has 1 aliphatic carbocycles. The van der Waals surface area contributed by atoms with Crippen molar-refractivity contribution >= 4 is 0 Å². The Morgan fingerprint density at radius 3 is 2.56 bits per heavy atom. The second-order valence-corrected chi connectivity index (χ2v) is 4.98. The van der Waals surface area contributed by atoms with Crippen molar-refractivity contribution < 1.29 is 4.52 Å². The Hall–Kier alpha value is -0.830. The second-order valence-electron chi connectivity index (χ2n) is 4.98. The third kappa shape index (κ3) is 2.29. The van der Waals surface area contributed by atoms with Crippen molar-refractivity contribution in [2.45, 2.75) is 59.0 Å². The van der Waals surface area contributed by atoms with Crippen LogP contribution in [0, 0.1) is 19.8 Å². The molecule has 90 valence electrons. The molecule has 2 unspecified atom stereocenters. The van der Waals surface area contributed by atoms with Crippen molar-refractivity contribution in [3.05, 3.63) is 17.0 Å². The lowest BCUT2D eigenvalue weighted by Crippen LogP contribution is -2.33. The number of hydrogen-bond donors (Lipinski definition) is 1. The molecule has 0 saturated heterocycles. The average Bonchev–Trinajstić information content (AvgIpc) is 3.02. The SMILES string of the molecule is CCC(NC(C)c1c(C)noc1C)C1CC1. The Morgan fingerprint density at radius 1 is 1.44 bits per heavy atom. The van der Waals surface area contributed by atoms with Gasteiger partial charge in [-0.15, -0.1) is 0 Å². The molecule has 2 rings (SSSR count). The summed E-state index contributed by atoms with van der Waals surface area (Å²) >= 11 is 0. The quantitative estimate of drug-likeness (QED) is 0.831. The fourth-order valence-corrected chi connectivity index (χ4v) is 2.60. The van der Waals surface area contributed by atoms with Gasteiger partial charge < -0.3 is 9.84 Å². The highest BCUT2D eigenvalue weighted by Crippen LogP contribution is 2.35. The van der Waals surface area contributed by atoms with E-state index in [2.05, 4.69) is 24.3 Å². The molecule has 0 aromatic carbocycles. The number of nitrogens with one attached hydrogen (secondary N) is 1. The Kier molecular flexibility index (Phi) is 3.33. The molecule has 0 aliphatic heterocycles. The summed E-state index contributed by atoms with van der Waals surface area (Å²) in [5.74, 6) is 1.84. The van der Waals surface area contributed by atoms with Crippen LogP contribution in [0.5, 0.6) is 0 Å². The third-order valence-corrected chi connectivity index (χ3v) is 3.62. The molecule has 0 spiro atoms. The van der Waals surface area contributed by atoms with Crippen LogP contribution in [0.3, 0.4) is 0 Å². The summed E-state index contributed by atoms with van der Waals surface area (Å²) in [5, 5.41) is 7.73. The van der Waals surface area contributed by atoms with Crippen LogP contribution in [0.1, 0.15) is 56.2 Å². The fourth-order valence-electron chi connectivity index (χ4n) is 2.60. The monoisotopic (exact) mass is 222 g/mol. The molecule has 0 radical (unpaired) electrons. The summed E-state index contributed by atoms with van der Waals surface area (Å²) in [6, 6.07) is 1.00. The maximum atomic E-state index is 5.22. The summed E-state index contributed by atoms with van der Waals surface area (Å²) in [6.07, 6.45) is 3.98. The first kappa shape index (κ1) is 11.6. The lowest BCUT2D eigenvalue weighted by atomic mass is 10.0. The molecular formula is C13H22N2O. The largest absolute Gasteiger partial charge is 0.361 e. The zero-order valence-electron chi connectivity index (χ0n) is 10.7. The number of rotatable bonds is 5. The van der Waals surface area contributed by atoms with Gasteiger partial charge >= 0.3 is 0 Å². The average molecular weight is 222 g/mol. The zero-order valence-corrected chi connectivity index (χ0v) is 10.7. The van der Waals surface area contributed by atoms with Gasteiger partial charge in [0.2, 0.25) is 0 Å². The molecule has 1 N–H and O–H groups in total. The molecule has 0 bridgehead atoms. The number of nitrogens with zero attached hydrogens (tertiary/aromatic N) is 1. The maximum Gasteiger partial charge on any atom is 0.138 e. The van der Waals surface area contributed by atoms with Gasteiger partial charge in [0.25, 0.3) is 0 Å². The standard InChI is InChI=1S/C13H22N2O/c1-5-12(11-6-7-11)14-8(2)13-9(3)15-16-10(13)4/h8,11-12,14H,5-7H2,1-4H3. The van der Waals surface area contributed by atoms with Crippen molar-refractivity contribution in [3.63, 3.8) is 0 Å². The Bertz CT molecular complexity index is 335. The summed E-state index contributed by atoms with van der Waals surface area (Å²) in [6.45, 7) is 8.47. The first-order chi connectivity index (χ1) is 7.63. The first-order valence-electron chi connectivity index (χ1n) is 6.32. The van der Waals surface area contributed by atoms with Crippen molar-refractivity contribution in [2.24, 2.45) is 5.92 Å². The van der Waals surface area contributed by atoms with Crippen LogP contribution in [-0.4, -0.2) is 11.2 Å². The molecule has 0 amide bonds. The lowest BCUT2D eigenvalue weighted by molar-refractivity contribution is 0.382. The van der Waals surface area contributed by atoms with E-state index in [1.54, 1.807) is 0 Å². The van der Waals surface area contributed by atoms with E-state index in [0.29, 0.717) is 12.1 Å². The van der Waals surface area contributed by atoms with Gasteiger partial charge in [-0.05, 0) is 46.0 Å². The van der Waals surface area contributed by atoms with Gasteiger partial charge in [-0.2, -0.15) is 0 Å². The molecule has 1 aromatic rings. The van der Waals surface area contributed by atoms with Crippen molar-refractivity contribution in [1.29, 1.82) is 0 Å². The summed E-state index contributed by atoms with van der Waals surface area (Å²) in [7, 11) is 0. The van der Waals surface area contributed by atoms with Gasteiger partial charge in [0.1, 0.15) is 5.76 Å². The fraction of sp³-hybridized carbons (Fsp3) is 0.769. The van der Waals surface area contributed by atoms with E-state index in [4.69, 9.17) is 4.52 Å². The molecule has 1 aliphatic rings. The molecule has 1 fully saturated rings. The molecule has 16 heavy (non-hydrogen) atoms. The van der Waals surface area contributed by atoms with Crippen LogP contribution in [0.4, 0.5) is 0 Å². The molecule has 3 nitrogen and oxygen atoms in total. The second kappa shape index (κ2) is 4.58. The maximum absolute atomic E-state index is 5.22. The molecule has 2 atom stereocenters. The number of aryl methyl sites for hydroxylation is 2. The molecular weight excluding hydrogens is 200 g/mol. The van der Waals surface area contributed by atoms with Gasteiger partial charge in [0.15, 0.2) is 0 Å². The summed E-state index contributed by atoms with van der Waals surface area (Å²) in [5.41, 5.74) is 2.25. The van der Waals surface area contributed by atoms with E-state index in [-0.39, 0.29) is 0 Å². The predicted octanol–water partition coefficient (Wildman–Crippen LogP) is 3.13. The predicted molar refractivity (Wildman–Crippen MR) is 64.3 cm³/mol. The smallest absolute Gasteiger partial charge is 0.138 e. The molecule has 1 heterocycles. The highest BCUT2D eigenvalue weighted by molar-refractivity contribution is 5.24. The Labute approximate surface area is 97.6 Å². The van der Waals surface area contributed by atoms with Crippen LogP contribution in [0.2, 0.25) is 0 Å². The summed E-state index contributed by atoms with van der Waals surface area (Å²) < 4.78 is 5.22. The van der Waals surface area contributed by atoms with E-state index >= 15 is 0 Å². The van der Waals surface area contributed by atoms with E-state index in [1.807, 2.05) is 13.8 Å². The highest BCUT2D eigenvalue weighted by Gasteiger charge is 2.31. The Morgan fingerprint density at radius 2 is 2.12 bits per heavy atom. The highest BCUT2D eigenvalue weighted by atomic mass is 16.5. The van der Waals surface area contributed by atoms with E-state index in [9.17, 15) is 0 Å². The topological polar surface area (TPSA) is 38.1 Å². The van der Waals surface area contributed by atoms with Crippen LogP contribution in [0.25, 0.3) is 0 Å². The summed E-state index contributed by atoms with van der Waals surface area (Å²) in [4.78, 5) is 0. The molecule has 3 heteroatoms. The van der Waals surface area contributed by atoms with Gasteiger partial charge in [-0.3, -0.25) is 0 Å². The minimum absolute atomic E-state index is 0.344. The molecule has 1 saturated carbocycles. The lowest BCUT2D eigenvalue weighted by Gasteiger charge is -2.22. The minimum Gasteiger partial charge on any atom is -0.361 e. The minimum atomic E-state index is 0.344. The van der Waals surface area contributed by atoms with Gasteiger partial charge in [0.05, 0.1) is 5.69 Å². The van der Waals surface area contributed by atoms with E-state index < -0.39 is 0 Å². The van der Waals surface area contributed by atoms with Crippen LogP contribution in [-0.2, 0) is 0 Å². The zero-order chi connectivity index (χ0) is 11.7. The third-order valence-electron chi connectivity index (χ3n) is 3.62. The number of aromatic nitrogens is 1. The van der Waals surface area contributed by atoms with E-state index in [1.165, 1.54) is 24.8 Å². The first-order valence-corrected chi connectivity index (χ1v) is 6.32. The van der Waals surface area contributed by atoms with Gasteiger partial charge in [0, 0.05) is 17.6 Å². The van der Waals surface area contributed by atoms with Gasteiger partial charge in [-0.1, -0.05) is 12.1 Å². The van der Waals surface area contributed by atoms with Crippen LogP contribution in [0.15, 0.2) is 4.52 Å². The Balaban J connectivity index is 2.04.